The summed E-state index contributed by atoms with van der Waals surface area (Å²) in [6.45, 7) is 5.58. The van der Waals surface area contributed by atoms with Gasteiger partial charge in [0.15, 0.2) is 0 Å². The van der Waals surface area contributed by atoms with Gasteiger partial charge in [0.05, 0.1) is 35.9 Å². The maximum atomic E-state index is 8.66. The lowest BCUT2D eigenvalue weighted by molar-refractivity contribution is 0.0302. The number of hydrogen-bond donors (Lipinski definition) is 2. The number of ether oxygens (including phenoxy) is 2. The second-order valence-electron chi connectivity index (χ2n) is 7.42. The second-order valence-corrected chi connectivity index (χ2v) is 7.42. The minimum Gasteiger partial charge on any atom is -0.475 e. The highest BCUT2D eigenvalue weighted by atomic mass is 16.5. The van der Waals surface area contributed by atoms with E-state index < -0.39 is 0 Å². The summed E-state index contributed by atoms with van der Waals surface area (Å²) < 4.78 is 11.6. The third kappa shape index (κ3) is 3.73. The molecule has 2 saturated heterocycles. The average molecular weight is 367 g/mol. The Balaban J connectivity index is 1.59. The summed E-state index contributed by atoms with van der Waals surface area (Å²) in [5.74, 6) is 1.35. The number of fused-ring (bicyclic) bond motifs is 2. The van der Waals surface area contributed by atoms with Gasteiger partial charge in [-0.25, -0.2) is 9.97 Å². The van der Waals surface area contributed by atoms with Crippen molar-refractivity contribution < 1.29 is 9.47 Å². The van der Waals surface area contributed by atoms with Crippen LogP contribution in [0.15, 0.2) is 30.6 Å². The van der Waals surface area contributed by atoms with Gasteiger partial charge in [-0.1, -0.05) is 0 Å². The van der Waals surface area contributed by atoms with Gasteiger partial charge in [0, 0.05) is 36.5 Å². The highest BCUT2D eigenvalue weighted by Crippen LogP contribution is 2.29. The van der Waals surface area contributed by atoms with Gasteiger partial charge in [-0.05, 0) is 38.8 Å². The van der Waals surface area contributed by atoms with Gasteiger partial charge < -0.3 is 20.1 Å². The van der Waals surface area contributed by atoms with E-state index in [1.165, 1.54) is 0 Å². The number of aromatic nitrogens is 2. The number of hydrogen-bond acceptors (Lipinski definition) is 7. The molecule has 2 aliphatic rings. The fourth-order valence-electron chi connectivity index (χ4n) is 3.67. The third-order valence-electron chi connectivity index (χ3n) is 4.94. The molecular weight excluding hydrogens is 342 g/mol. The van der Waals surface area contributed by atoms with Gasteiger partial charge in [-0.2, -0.15) is 0 Å². The largest absolute Gasteiger partial charge is 0.475 e. The van der Waals surface area contributed by atoms with Crippen LogP contribution < -0.4 is 15.4 Å². The predicted molar refractivity (Wildman–Crippen MR) is 105 cm³/mol. The van der Waals surface area contributed by atoms with E-state index in [0.717, 1.165) is 37.3 Å². The van der Waals surface area contributed by atoms with E-state index >= 15 is 0 Å². The molecule has 2 fully saturated rings. The monoisotopic (exact) mass is 367 g/mol. The fourth-order valence-corrected chi connectivity index (χ4v) is 3.67. The summed E-state index contributed by atoms with van der Waals surface area (Å²) in [6.07, 6.45) is 6.11. The molecule has 0 aliphatic carbocycles. The maximum absolute atomic E-state index is 8.66. The number of nitrogen functional groups attached to an aromatic ring is 1. The molecular formula is C20H25N5O2. The molecule has 7 nitrogen and oxygen atoms in total. The lowest BCUT2D eigenvalue weighted by atomic mass is 10.0. The van der Waals surface area contributed by atoms with E-state index in [-0.39, 0.29) is 6.10 Å². The SMILES string of the molecule is CC(C)Oc1cc(C(=N)c2ccnc(N3CC4CCC(C3)O4)c2)c(N)cn1. The third-order valence-corrected chi connectivity index (χ3v) is 4.94. The van der Waals surface area contributed by atoms with Gasteiger partial charge in [-0.3, -0.25) is 5.41 Å². The fraction of sp³-hybridized carbons (Fsp3) is 0.450. The summed E-state index contributed by atoms with van der Waals surface area (Å²) in [4.78, 5) is 11.0. The lowest BCUT2D eigenvalue weighted by Gasteiger charge is -2.33. The van der Waals surface area contributed by atoms with Crippen LogP contribution in [0.3, 0.4) is 0 Å². The first-order chi connectivity index (χ1) is 13.0. The maximum Gasteiger partial charge on any atom is 0.214 e. The van der Waals surface area contributed by atoms with E-state index in [9.17, 15) is 0 Å². The number of nitrogens with two attached hydrogens (primary N) is 1. The Bertz CT molecular complexity index is 842. The smallest absolute Gasteiger partial charge is 0.214 e. The molecule has 0 radical (unpaired) electrons. The molecule has 2 aromatic rings. The van der Waals surface area contributed by atoms with E-state index in [0.29, 0.717) is 35.1 Å². The zero-order chi connectivity index (χ0) is 19.0. The first-order valence-electron chi connectivity index (χ1n) is 9.37. The number of pyridine rings is 2. The van der Waals surface area contributed by atoms with Crippen LogP contribution in [0.2, 0.25) is 0 Å². The molecule has 2 aliphatic heterocycles. The van der Waals surface area contributed by atoms with Crippen molar-refractivity contribution in [1.82, 2.24) is 9.97 Å². The summed E-state index contributed by atoms with van der Waals surface area (Å²) in [6, 6.07) is 5.52. The number of morpholine rings is 1. The molecule has 3 N–H and O–H groups in total. The normalized spacial score (nSPS) is 21.5. The van der Waals surface area contributed by atoms with Gasteiger partial charge in [0.2, 0.25) is 5.88 Å². The van der Waals surface area contributed by atoms with Gasteiger partial charge >= 0.3 is 0 Å². The summed E-state index contributed by atoms with van der Waals surface area (Å²) in [5, 5.41) is 8.66. The van der Waals surface area contributed by atoms with Gasteiger partial charge in [0.25, 0.3) is 0 Å². The second kappa shape index (κ2) is 7.15. The molecule has 0 aromatic carbocycles. The Morgan fingerprint density at radius 3 is 2.70 bits per heavy atom. The van der Waals surface area contributed by atoms with Crippen LogP contribution >= 0.6 is 0 Å². The molecule has 2 atom stereocenters. The predicted octanol–water partition coefficient (Wildman–Crippen LogP) is 2.63. The minimum absolute atomic E-state index is 0.00683. The van der Waals surface area contributed by atoms with Crippen LogP contribution in [0, 0.1) is 5.41 Å². The molecule has 27 heavy (non-hydrogen) atoms. The molecule has 2 unspecified atom stereocenters. The molecule has 0 spiro atoms. The van der Waals surface area contributed by atoms with Gasteiger partial charge in [-0.15, -0.1) is 0 Å². The average Bonchev–Trinajstić information content (AvgIpc) is 3.00. The van der Waals surface area contributed by atoms with Crippen LogP contribution in [0.1, 0.15) is 37.8 Å². The molecule has 0 amide bonds. The summed E-state index contributed by atoms with van der Waals surface area (Å²) in [5.41, 5.74) is 8.26. The Morgan fingerprint density at radius 2 is 2.00 bits per heavy atom. The van der Waals surface area contributed by atoms with Crippen LogP contribution in [0.4, 0.5) is 11.5 Å². The highest BCUT2D eigenvalue weighted by molar-refractivity contribution is 6.14. The molecule has 2 bridgehead atoms. The van der Waals surface area contributed by atoms with Crippen LogP contribution in [-0.2, 0) is 4.74 Å². The Hall–Kier alpha value is -2.67. The lowest BCUT2D eigenvalue weighted by Crippen LogP contribution is -2.43. The van der Waals surface area contributed by atoms with Crippen molar-refractivity contribution in [3.8, 4) is 5.88 Å². The zero-order valence-corrected chi connectivity index (χ0v) is 15.7. The van der Waals surface area contributed by atoms with Crippen molar-refractivity contribution in [3.05, 3.63) is 41.7 Å². The van der Waals surface area contributed by atoms with Crippen LogP contribution in [0.25, 0.3) is 0 Å². The van der Waals surface area contributed by atoms with Gasteiger partial charge in [0.1, 0.15) is 5.82 Å². The number of anilines is 2. The van der Waals surface area contributed by atoms with E-state index in [1.807, 2.05) is 26.0 Å². The van der Waals surface area contributed by atoms with Crippen molar-refractivity contribution in [2.45, 2.75) is 45.0 Å². The van der Waals surface area contributed by atoms with Crippen molar-refractivity contribution in [1.29, 1.82) is 5.41 Å². The van der Waals surface area contributed by atoms with E-state index in [4.69, 9.17) is 20.6 Å². The van der Waals surface area contributed by atoms with E-state index in [1.54, 1.807) is 18.5 Å². The Kier molecular flexibility index (Phi) is 4.70. The Morgan fingerprint density at radius 1 is 1.26 bits per heavy atom. The molecule has 0 saturated carbocycles. The van der Waals surface area contributed by atoms with Crippen molar-refractivity contribution >= 4 is 17.2 Å². The van der Waals surface area contributed by atoms with Crippen LogP contribution in [0.5, 0.6) is 5.88 Å². The molecule has 142 valence electrons. The number of rotatable bonds is 5. The highest BCUT2D eigenvalue weighted by Gasteiger charge is 2.34. The molecule has 4 heterocycles. The number of nitrogens with one attached hydrogen (secondary N) is 1. The van der Waals surface area contributed by atoms with Crippen LogP contribution in [-0.4, -0.2) is 47.1 Å². The molecule has 7 heteroatoms. The summed E-state index contributed by atoms with van der Waals surface area (Å²) >= 11 is 0. The summed E-state index contributed by atoms with van der Waals surface area (Å²) in [7, 11) is 0. The molecule has 2 aromatic heterocycles. The standard InChI is InChI=1S/C20H25N5O2/c1-12(2)26-19-8-16(17(21)9-24-19)20(22)13-5-6-23-18(7-13)25-10-14-3-4-15(11-25)27-14/h5-9,12,14-15,22H,3-4,10-11,21H2,1-2H3. The van der Waals surface area contributed by atoms with E-state index in [2.05, 4.69) is 14.9 Å². The molecule has 4 rings (SSSR count). The minimum atomic E-state index is 0.00683. The van der Waals surface area contributed by atoms with Crippen molar-refractivity contribution in [3.63, 3.8) is 0 Å². The number of nitrogens with zero attached hydrogens (tertiary/aromatic N) is 3. The van der Waals surface area contributed by atoms with Crippen molar-refractivity contribution in [2.75, 3.05) is 23.7 Å². The first-order valence-corrected chi connectivity index (χ1v) is 9.37. The first kappa shape index (κ1) is 17.7. The Labute approximate surface area is 159 Å². The quantitative estimate of drug-likeness (QED) is 0.789. The topological polar surface area (TPSA) is 97.3 Å². The van der Waals surface area contributed by atoms with Crippen molar-refractivity contribution in [2.24, 2.45) is 0 Å². The zero-order valence-electron chi connectivity index (χ0n) is 15.7.